The molecule has 1 aliphatic heterocycles. The van der Waals surface area contributed by atoms with Gasteiger partial charge in [-0.2, -0.15) is 0 Å². The van der Waals surface area contributed by atoms with E-state index < -0.39 is 0 Å². The molecule has 3 nitrogen and oxygen atoms in total. The highest BCUT2D eigenvalue weighted by Gasteiger charge is 2.30. The van der Waals surface area contributed by atoms with Crippen LogP contribution in [-0.4, -0.2) is 16.3 Å². The van der Waals surface area contributed by atoms with Gasteiger partial charge in [0.05, 0.1) is 10.9 Å². The smallest absolute Gasteiger partial charge is 0.239 e. The van der Waals surface area contributed by atoms with E-state index in [-0.39, 0.29) is 22.8 Å². The van der Waals surface area contributed by atoms with Crippen molar-refractivity contribution in [1.82, 2.24) is 5.32 Å². The Hall–Kier alpha value is -2.21. The molecule has 3 rings (SSSR count). The van der Waals surface area contributed by atoms with Gasteiger partial charge in [-0.15, -0.1) is 0 Å². The summed E-state index contributed by atoms with van der Waals surface area (Å²) >= 11 is 1.32. The number of thioether (sulfide) groups is 1. The quantitative estimate of drug-likeness (QED) is 0.942. The largest absolute Gasteiger partial charge is 0.304 e. The van der Waals surface area contributed by atoms with Crippen molar-refractivity contribution in [3.63, 3.8) is 0 Å². The standard InChI is InChI=1S/C16H12F2N2OS/c17-11-3-1-10(2-4-11)9-14-15(21)20-16(22-14)19-13-7-5-12(18)6-8-13/h1-8,14H,9H2,(H,19,20,21)/t14-/m1/s1. The number of amidine groups is 1. The minimum atomic E-state index is -0.332. The Bertz CT molecular complexity index is 714. The van der Waals surface area contributed by atoms with Gasteiger partial charge < -0.3 is 5.32 Å². The number of carbonyl (C=O) groups is 1. The number of nitrogens with one attached hydrogen (secondary N) is 1. The van der Waals surface area contributed by atoms with Crippen molar-refractivity contribution >= 4 is 28.5 Å². The fourth-order valence-electron chi connectivity index (χ4n) is 2.06. The molecule has 0 radical (unpaired) electrons. The lowest BCUT2D eigenvalue weighted by Gasteiger charge is -2.04. The summed E-state index contributed by atoms with van der Waals surface area (Å²) in [5.74, 6) is -0.762. The molecule has 0 aliphatic carbocycles. The molecule has 1 N–H and O–H groups in total. The van der Waals surface area contributed by atoms with Crippen LogP contribution >= 0.6 is 11.8 Å². The summed E-state index contributed by atoms with van der Waals surface area (Å²) in [4.78, 5) is 16.2. The van der Waals surface area contributed by atoms with Crippen LogP contribution in [0.4, 0.5) is 14.5 Å². The van der Waals surface area contributed by atoms with Crippen LogP contribution in [0.1, 0.15) is 5.56 Å². The van der Waals surface area contributed by atoms with Gasteiger partial charge in [-0.1, -0.05) is 23.9 Å². The molecule has 1 fully saturated rings. The van der Waals surface area contributed by atoms with Gasteiger partial charge in [0.15, 0.2) is 5.17 Å². The summed E-state index contributed by atoms with van der Waals surface area (Å²) in [6.07, 6.45) is 0.499. The van der Waals surface area contributed by atoms with Crippen molar-refractivity contribution in [3.05, 3.63) is 65.7 Å². The maximum atomic E-state index is 12.9. The first-order valence-electron chi connectivity index (χ1n) is 6.66. The van der Waals surface area contributed by atoms with Gasteiger partial charge in [0.25, 0.3) is 0 Å². The van der Waals surface area contributed by atoms with E-state index in [9.17, 15) is 13.6 Å². The molecular formula is C16H12F2N2OS. The van der Waals surface area contributed by atoms with Crippen LogP contribution in [0.25, 0.3) is 0 Å². The third-order valence-corrected chi connectivity index (χ3v) is 4.25. The molecular weight excluding hydrogens is 306 g/mol. The van der Waals surface area contributed by atoms with E-state index in [1.54, 1.807) is 24.3 Å². The number of halogens is 2. The highest BCUT2D eigenvalue weighted by Crippen LogP contribution is 2.25. The Balaban J connectivity index is 1.70. The van der Waals surface area contributed by atoms with Gasteiger partial charge in [0.2, 0.25) is 5.91 Å². The average Bonchev–Trinajstić information content (AvgIpc) is 2.84. The fraction of sp³-hybridized carbons (Fsp3) is 0.125. The van der Waals surface area contributed by atoms with Crippen LogP contribution in [0.5, 0.6) is 0 Å². The Morgan fingerprint density at radius 3 is 2.23 bits per heavy atom. The number of amides is 1. The minimum Gasteiger partial charge on any atom is -0.304 e. The van der Waals surface area contributed by atoms with Gasteiger partial charge in [-0.25, -0.2) is 13.8 Å². The number of hydrogen-bond donors (Lipinski definition) is 1. The Kier molecular flexibility index (Phi) is 4.20. The first-order valence-corrected chi connectivity index (χ1v) is 7.54. The second-order valence-electron chi connectivity index (χ2n) is 4.82. The van der Waals surface area contributed by atoms with Gasteiger partial charge in [-0.3, -0.25) is 4.79 Å². The van der Waals surface area contributed by atoms with Crippen molar-refractivity contribution in [1.29, 1.82) is 0 Å². The van der Waals surface area contributed by atoms with Gasteiger partial charge in [-0.05, 0) is 48.4 Å². The average molecular weight is 318 g/mol. The maximum Gasteiger partial charge on any atom is 0.239 e. The SMILES string of the molecule is O=C1NC(=Nc2ccc(F)cc2)S[C@@H]1Cc1ccc(F)cc1. The van der Waals surface area contributed by atoms with Crippen LogP contribution < -0.4 is 5.32 Å². The van der Waals surface area contributed by atoms with Crippen molar-refractivity contribution in [2.75, 3.05) is 0 Å². The summed E-state index contributed by atoms with van der Waals surface area (Å²) in [5, 5.41) is 2.89. The van der Waals surface area contributed by atoms with Crippen molar-refractivity contribution in [2.45, 2.75) is 11.7 Å². The van der Waals surface area contributed by atoms with E-state index in [1.165, 1.54) is 36.0 Å². The molecule has 1 atom stereocenters. The summed E-state index contributed by atoms with van der Waals surface area (Å²) in [7, 11) is 0. The van der Waals surface area contributed by atoms with E-state index in [0.29, 0.717) is 17.3 Å². The molecule has 1 heterocycles. The molecule has 1 saturated heterocycles. The number of hydrogen-bond acceptors (Lipinski definition) is 3. The normalized spacial score (nSPS) is 19.5. The fourth-order valence-corrected chi connectivity index (χ4v) is 3.09. The lowest BCUT2D eigenvalue weighted by molar-refractivity contribution is -0.118. The van der Waals surface area contributed by atoms with Crippen LogP contribution in [-0.2, 0) is 11.2 Å². The first-order chi connectivity index (χ1) is 10.6. The van der Waals surface area contributed by atoms with E-state index in [4.69, 9.17) is 0 Å². The molecule has 6 heteroatoms. The van der Waals surface area contributed by atoms with Crippen molar-refractivity contribution < 1.29 is 13.6 Å². The molecule has 0 spiro atoms. The molecule has 2 aromatic rings. The lowest BCUT2D eigenvalue weighted by atomic mass is 10.1. The van der Waals surface area contributed by atoms with E-state index >= 15 is 0 Å². The Morgan fingerprint density at radius 2 is 1.59 bits per heavy atom. The molecule has 0 aromatic heterocycles. The van der Waals surface area contributed by atoms with E-state index in [1.807, 2.05) is 0 Å². The van der Waals surface area contributed by atoms with Crippen LogP contribution in [0.2, 0.25) is 0 Å². The van der Waals surface area contributed by atoms with Gasteiger partial charge >= 0.3 is 0 Å². The summed E-state index contributed by atoms with van der Waals surface area (Å²) < 4.78 is 25.7. The van der Waals surface area contributed by atoms with Crippen LogP contribution in [0.3, 0.4) is 0 Å². The molecule has 22 heavy (non-hydrogen) atoms. The second-order valence-corrected chi connectivity index (χ2v) is 6.01. The zero-order valence-electron chi connectivity index (χ0n) is 11.4. The summed E-state index contributed by atoms with van der Waals surface area (Å²) in [5.41, 5.74) is 1.46. The van der Waals surface area contributed by atoms with E-state index in [0.717, 1.165) is 5.56 Å². The molecule has 2 aromatic carbocycles. The monoisotopic (exact) mass is 318 g/mol. The lowest BCUT2D eigenvalue weighted by Crippen LogP contribution is -2.25. The zero-order chi connectivity index (χ0) is 15.5. The minimum absolute atomic E-state index is 0.129. The molecule has 0 unspecified atom stereocenters. The Labute approximate surface area is 130 Å². The zero-order valence-corrected chi connectivity index (χ0v) is 12.2. The Morgan fingerprint density at radius 1 is 1.00 bits per heavy atom. The third kappa shape index (κ3) is 3.51. The van der Waals surface area contributed by atoms with Crippen LogP contribution in [0.15, 0.2) is 53.5 Å². The highest BCUT2D eigenvalue weighted by atomic mass is 32.2. The summed E-state index contributed by atoms with van der Waals surface area (Å²) in [6.45, 7) is 0. The van der Waals surface area contributed by atoms with Crippen molar-refractivity contribution in [3.8, 4) is 0 Å². The number of rotatable bonds is 3. The highest BCUT2D eigenvalue weighted by molar-refractivity contribution is 8.15. The number of nitrogens with zero attached hydrogens (tertiary/aromatic N) is 1. The molecule has 112 valence electrons. The van der Waals surface area contributed by atoms with Gasteiger partial charge in [0.1, 0.15) is 11.6 Å². The molecule has 1 aliphatic rings. The molecule has 0 saturated carbocycles. The second kappa shape index (κ2) is 6.27. The van der Waals surface area contributed by atoms with Crippen LogP contribution in [0, 0.1) is 11.6 Å². The van der Waals surface area contributed by atoms with Gasteiger partial charge in [0, 0.05) is 0 Å². The number of carbonyl (C=O) groups excluding carboxylic acids is 1. The van der Waals surface area contributed by atoms with Crippen molar-refractivity contribution in [2.24, 2.45) is 4.99 Å². The predicted molar refractivity (Wildman–Crippen MR) is 83.1 cm³/mol. The topological polar surface area (TPSA) is 41.5 Å². The maximum absolute atomic E-state index is 12.9. The van der Waals surface area contributed by atoms with E-state index in [2.05, 4.69) is 10.3 Å². The summed E-state index contributed by atoms with van der Waals surface area (Å²) in [6, 6.07) is 11.8. The number of benzene rings is 2. The molecule has 0 bridgehead atoms. The molecule has 1 amide bonds. The first kappa shape index (κ1) is 14.7. The number of aliphatic imine (C=N–C) groups is 1. The predicted octanol–water partition coefficient (Wildman–Crippen LogP) is 3.43. The third-order valence-electron chi connectivity index (χ3n) is 3.17.